The average Bonchev–Trinajstić information content (AvgIpc) is 3.10. The summed E-state index contributed by atoms with van der Waals surface area (Å²) in [6, 6.07) is 2.84. The molecule has 1 N–H and O–H groups in total. The quantitative estimate of drug-likeness (QED) is 0.908. The second-order valence-electron chi connectivity index (χ2n) is 5.80. The van der Waals surface area contributed by atoms with Crippen molar-refractivity contribution >= 4 is 23.2 Å². The van der Waals surface area contributed by atoms with Crippen LogP contribution in [0.5, 0.6) is 0 Å². The lowest BCUT2D eigenvalue weighted by molar-refractivity contribution is -0.141. The molecule has 0 spiro atoms. The lowest BCUT2D eigenvalue weighted by Gasteiger charge is -2.26. The van der Waals surface area contributed by atoms with Gasteiger partial charge in [0, 0.05) is 6.04 Å². The molecule has 1 fully saturated rings. The van der Waals surface area contributed by atoms with E-state index in [1.807, 2.05) is 19.1 Å². The molecule has 1 atom stereocenters. The molecule has 6 nitrogen and oxygen atoms in total. The topological polar surface area (TPSA) is 83.6 Å². The number of carbonyl (C=O) groups excluding carboxylic acids is 1. The molecule has 23 heavy (non-hydrogen) atoms. The lowest BCUT2D eigenvalue weighted by atomic mass is 10.2. The number of furan rings is 1. The van der Waals surface area contributed by atoms with Crippen molar-refractivity contribution in [3.63, 3.8) is 0 Å². The van der Waals surface area contributed by atoms with Crippen LogP contribution < -0.4 is 0 Å². The molecule has 0 aromatic carbocycles. The van der Waals surface area contributed by atoms with Gasteiger partial charge in [-0.2, -0.15) is 0 Å². The largest absolute Gasteiger partial charge is 0.480 e. The van der Waals surface area contributed by atoms with Crippen LogP contribution in [0.1, 0.15) is 40.9 Å². The van der Waals surface area contributed by atoms with Crippen LogP contribution in [0.15, 0.2) is 16.5 Å². The minimum absolute atomic E-state index is 0.0180. The molecular formula is C16H18N2O4S. The molecule has 0 saturated heterocycles. The number of nitrogens with zero attached hydrogens (tertiary/aromatic N) is 2. The van der Waals surface area contributed by atoms with Gasteiger partial charge in [-0.3, -0.25) is 4.79 Å². The van der Waals surface area contributed by atoms with Gasteiger partial charge >= 0.3 is 5.97 Å². The molecule has 1 unspecified atom stereocenters. The lowest BCUT2D eigenvalue weighted by Crippen LogP contribution is -2.44. The van der Waals surface area contributed by atoms with Gasteiger partial charge in [-0.25, -0.2) is 9.78 Å². The van der Waals surface area contributed by atoms with Gasteiger partial charge in [-0.05, 0) is 45.7 Å². The number of carboxylic acids is 1. The minimum atomic E-state index is -0.991. The minimum Gasteiger partial charge on any atom is -0.480 e. The fourth-order valence-electron chi connectivity index (χ4n) is 2.50. The molecule has 1 saturated carbocycles. The Morgan fingerprint density at radius 2 is 2.09 bits per heavy atom. The zero-order chi connectivity index (χ0) is 16.7. The summed E-state index contributed by atoms with van der Waals surface area (Å²) in [6.45, 7) is 5.16. The average molecular weight is 334 g/mol. The normalized spacial score (nSPS) is 15.4. The van der Waals surface area contributed by atoms with Crippen LogP contribution >= 0.6 is 11.3 Å². The third-order valence-electron chi connectivity index (χ3n) is 3.89. The Labute approximate surface area is 137 Å². The van der Waals surface area contributed by atoms with Gasteiger partial charge in [0.05, 0.1) is 5.69 Å². The van der Waals surface area contributed by atoms with Crippen LogP contribution in [0, 0.1) is 13.8 Å². The molecule has 1 aliphatic rings. The first-order chi connectivity index (χ1) is 10.9. The summed E-state index contributed by atoms with van der Waals surface area (Å²) in [4.78, 5) is 30.5. The molecule has 7 heteroatoms. The molecule has 2 aromatic rings. The van der Waals surface area contributed by atoms with Gasteiger partial charge in [0.1, 0.15) is 16.7 Å². The third-order valence-corrected chi connectivity index (χ3v) is 5.05. The van der Waals surface area contributed by atoms with Crippen LogP contribution in [-0.2, 0) is 4.79 Å². The monoisotopic (exact) mass is 334 g/mol. The Bertz CT molecular complexity index is 760. The summed E-state index contributed by atoms with van der Waals surface area (Å²) in [6.07, 6.45) is 1.71. The smallest absolute Gasteiger partial charge is 0.326 e. The van der Waals surface area contributed by atoms with Crippen LogP contribution in [0.2, 0.25) is 0 Å². The number of carbonyl (C=O) groups is 2. The highest BCUT2D eigenvalue weighted by molar-refractivity contribution is 7.17. The molecule has 0 bridgehead atoms. The van der Waals surface area contributed by atoms with E-state index in [0.29, 0.717) is 21.3 Å². The second kappa shape index (κ2) is 5.81. The number of thiazole rings is 1. The zero-order valence-corrected chi connectivity index (χ0v) is 14.0. The van der Waals surface area contributed by atoms with Gasteiger partial charge in [-0.1, -0.05) is 0 Å². The number of rotatable bonds is 5. The van der Waals surface area contributed by atoms with Crippen molar-refractivity contribution in [2.75, 3.05) is 0 Å². The van der Waals surface area contributed by atoms with Crippen molar-refractivity contribution in [1.82, 2.24) is 9.88 Å². The Morgan fingerprint density at radius 3 is 2.61 bits per heavy atom. The van der Waals surface area contributed by atoms with Crippen LogP contribution in [-0.4, -0.2) is 39.0 Å². The van der Waals surface area contributed by atoms with Crippen LogP contribution in [0.25, 0.3) is 10.8 Å². The highest BCUT2D eigenvalue weighted by Gasteiger charge is 2.40. The maximum atomic E-state index is 12.8. The fraction of sp³-hybridized carbons (Fsp3) is 0.438. The number of aliphatic carboxylic acids is 1. The molecule has 1 aliphatic carbocycles. The summed E-state index contributed by atoms with van der Waals surface area (Å²) in [7, 11) is 0. The SMILES string of the molecule is Cc1ccc(-c2nc(C)c(C(=O)N(C3CC3)C(C)C(=O)O)s2)o1. The number of aromatic nitrogens is 1. The Hall–Kier alpha value is -2.15. The van der Waals surface area contributed by atoms with Gasteiger partial charge in [0.25, 0.3) is 5.91 Å². The van der Waals surface area contributed by atoms with Crippen molar-refractivity contribution in [2.24, 2.45) is 0 Å². The van der Waals surface area contributed by atoms with Crippen molar-refractivity contribution in [2.45, 2.75) is 45.7 Å². The molecule has 2 aromatic heterocycles. The first kappa shape index (κ1) is 15.7. The Morgan fingerprint density at radius 1 is 1.39 bits per heavy atom. The molecule has 1 amide bonds. The van der Waals surface area contributed by atoms with Crippen LogP contribution in [0.4, 0.5) is 0 Å². The van der Waals surface area contributed by atoms with Crippen LogP contribution in [0.3, 0.4) is 0 Å². The standard InChI is InChI=1S/C16H18N2O4S/c1-8-4-7-12(22-8)14-17-9(2)13(23-14)15(19)18(11-5-6-11)10(3)16(20)21/h4,7,10-11H,5-6H2,1-3H3,(H,20,21). The number of amides is 1. The zero-order valence-electron chi connectivity index (χ0n) is 13.2. The van der Waals surface area contributed by atoms with Gasteiger partial charge in [-0.15, -0.1) is 11.3 Å². The summed E-state index contributed by atoms with van der Waals surface area (Å²) in [5.74, 6) is 0.153. The number of hydrogen-bond donors (Lipinski definition) is 1. The van der Waals surface area contributed by atoms with E-state index in [4.69, 9.17) is 4.42 Å². The maximum absolute atomic E-state index is 12.8. The van der Waals surface area contributed by atoms with E-state index in [9.17, 15) is 14.7 Å². The summed E-state index contributed by atoms with van der Waals surface area (Å²) >= 11 is 1.25. The van der Waals surface area contributed by atoms with E-state index in [-0.39, 0.29) is 11.9 Å². The summed E-state index contributed by atoms with van der Waals surface area (Å²) < 4.78 is 5.55. The van der Waals surface area contributed by atoms with Gasteiger partial charge in [0.15, 0.2) is 10.8 Å². The number of carboxylic acid groups (broad SMARTS) is 1. The van der Waals surface area contributed by atoms with Gasteiger partial charge in [0.2, 0.25) is 0 Å². The van der Waals surface area contributed by atoms with E-state index in [1.54, 1.807) is 13.8 Å². The highest BCUT2D eigenvalue weighted by Crippen LogP contribution is 2.34. The van der Waals surface area contributed by atoms with E-state index >= 15 is 0 Å². The molecule has 2 heterocycles. The number of hydrogen-bond acceptors (Lipinski definition) is 5. The maximum Gasteiger partial charge on any atom is 0.326 e. The molecule has 0 radical (unpaired) electrons. The molecule has 0 aliphatic heterocycles. The first-order valence-electron chi connectivity index (χ1n) is 7.48. The first-order valence-corrected chi connectivity index (χ1v) is 8.30. The third kappa shape index (κ3) is 3.01. The van der Waals surface area contributed by atoms with E-state index in [0.717, 1.165) is 18.6 Å². The summed E-state index contributed by atoms with van der Waals surface area (Å²) in [5, 5.41) is 9.90. The Balaban J connectivity index is 1.92. The predicted molar refractivity (Wildman–Crippen MR) is 85.6 cm³/mol. The van der Waals surface area contributed by atoms with Gasteiger partial charge < -0.3 is 14.4 Å². The summed E-state index contributed by atoms with van der Waals surface area (Å²) in [5.41, 5.74) is 0.604. The number of aryl methyl sites for hydroxylation is 2. The van der Waals surface area contributed by atoms with Crippen molar-refractivity contribution in [3.8, 4) is 10.8 Å². The van der Waals surface area contributed by atoms with E-state index in [1.165, 1.54) is 16.2 Å². The predicted octanol–water partition coefficient (Wildman–Crippen LogP) is 3.10. The molecule has 3 rings (SSSR count). The second-order valence-corrected chi connectivity index (χ2v) is 6.80. The molecule has 122 valence electrons. The van der Waals surface area contributed by atoms with Crippen molar-refractivity contribution in [1.29, 1.82) is 0 Å². The van der Waals surface area contributed by atoms with Crippen molar-refractivity contribution in [3.05, 3.63) is 28.5 Å². The van der Waals surface area contributed by atoms with Crippen molar-refractivity contribution < 1.29 is 19.1 Å². The van der Waals surface area contributed by atoms with E-state index < -0.39 is 12.0 Å². The fourth-order valence-corrected chi connectivity index (χ4v) is 3.47. The highest BCUT2D eigenvalue weighted by atomic mass is 32.1. The Kier molecular flexibility index (Phi) is 3.97. The van der Waals surface area contributed by atoms with E-state index in [2.05, 4.69) is 4.98 Å². The molecular weight excluding hydrogens is 316 g/mol.